The van der Waals surface area contributed by atoms with Gasteiger partial charge < -0.3 is 4.90 Å². The molecule has 0 spiro atoms. The Bertz CT molecular complexity index is 881. The van der Waals surface area contributed by atoms with Crippen LogP contribution in [0, 0.1) is 0 Å². The highest BCUT2D eigenvalue weighted by Crippen LogP contribution is 2.28. The molecular formula is C19H23NO3S. The maximum Gasteiger partial charge on any atom is 0.253 e. The molecular weight excluding hydrogens is 322 g/mol. The van der Waals surface area contributed by atoms with Crippen molar-refractivity contribution in [1.82, 2.24) is 4.90 Å². The van der Waals surface area contributed by atoms with E-state index in [0.29, 0.717) is 18.5 Å². The predicted molar refractivity (Wildman–Crippen MR) is 96.9 cm³/mol. The van der Waals surface area contributed by atoms with E-state index in [4.69, 9.17) is 0 Å². The van der Waals surface area contributed by atoms with Crippen molar-refractivity contribution in [3.05, 3.63) is 48.0 Å². The van der Waals surface area contributed by atoms with Crippen molar-refractivity contribution in [3.63, 3.8) is 0 Å². The molecule has 1 aliphatic rings. The highest BCUT2D eigenvalue weighted by Gasteiger charge is 2.41. The first-order chi connectivity index (χ1) is 11.2. The summed E-state index contributed by atoms with van der Waals surface area (Å²) in [7, 11) is -3.25. The van der Waals surface area contributed by atoms with Crippen molar-refractivity contribution < 1.29 is 13.2 Å². The fourth-order valence-electron chi connectivity index (χ4n) is 3.17. The van der Waals surface area contributed by atoms with E-state index < -0.39 is 19.8 Å². The molecule has 1 heterocycles. The van der Waals surface area contributed by atoms with E-state index in [-0.39, 0.29) is 12.5 Å². The Morgan fingerprint density at radius 2 is 1.75 bits per heavy atom. The minimum Gasteiger partial charge on any atom is -0.337 e. The van der Waals surface area contributed by atoms with Gasteiger partial charge in [-0.1, -0.05) is 30.3 Å². The zero-order chi connectivity index (χ0) is 17.5. The van der Waals surface area contributed by atoms with E-state index in [1.54, 1.807) is 25.7 Å². The Balaban J connectivity index is 1.81. The number of carbonyl (C=O) groups excluding carboxylic acids is 1. The molecule has 5 heteroatoms. The molecule has 2 aromatic carbocycles. The Labute approximate surface area is 143 Å². The van der Waals surface area contributed by atoms with Gasteiger partial charge in [-0.3, -0.25) is 4.79 Å². The van der Waals surface area contributed by atoms with E-state index in [2.05, 4.69) is 0 Å². The number of fused-ring (bicyclic) bond motifs is 1. The summed E-state index contributed by atoms with van der Waals surface area (Å²) in [4.78, 5) is 14.4. The lowest BCUT2D eigenvalue weighted by atomic mass is 10.1. The van der Waals surface area contributed by atoms with Crippen LogP contribution >= 0.6 is 0 Å². The summed E-state index contributed by atoms with van der Waals surface area (Å²) in [6.45, 7) is 5.93. The van der Waals surface area contributed by atoms with E-state index >= 15 is 0 Å². The Morgan fingerprint density at radius 1 is 1.08 bits per heavy atom. The van der Waals surface area contributed by atoms with Gasteiger partial charge in [0.1, 0.15) is 0 Å². The molecule has 0 aliphatic carbocycles. The number of hydrogen-bond donors (Lipinski definition) is 0. The summed E-state index contributed by atoms with van der Waals surface area (Å²) in [6, 6.07) is 13.5. The second-order valence-corrected chi connectivity index (χ2v) is 10.4. The number of sulfone groups is 1. The smallest absolute Gasteiger partial charge is 0.253 e. The minimum atomic E-state index is -3.25. The average Bonchev–Trinajstić information content (AvgIpc) is 3.03. The third-order valence-electron chi connectivity index (χ3n) is 4.72. The summed E-state index contributed by atoms with van der Waals surface area (Å²) < 4.78 is 24.4. The SMILES string of the molecule is CC(C)(C)S(=O)(=O)[C@@H]1CCN(C(=O)c2ccc3ccccc3c2)C1. The van der Waals surface area contributed by atoms with Crippen LogP contribution in [0.15, 0.2) is 42.5 Å². The van der Waals surface area contributed by atoms with Crippen molar-refractivity contribution in [2.45, 2.75) is 37.2 Å². The van der Waals surface area contributed by atoms with Crippen LogP contribution < -0.4 is 0 Å². The van der Waals surface area contributed by atoms with Gasteiger partial charge in [0.2, 0.25) is 0 Å². The van der Waals surface area contributed by atoms with Crippen molar-refractivity contribution in [3.8, 4) is 0 Å². The van der Waals surface area contributed by atoms with E-state index in [1.807, 2.05) is 42.5 Å². The Morgan fingerprint density at radius 3 is 2.42 bits per heavy atom. The quantitative estimate of drug-likeness (QED) is 0.839. The highest BCUT2D eigenvalue weighted by atomic mass is 32.2. The first kappa shape index (κ1) is 17.0. The van der Waals surface area contributed by atoms with Crippen LogP contribution in [0.5, 0.6) is 0 Å². The molecule has 0 radical (unpaired) electrons. The van der Waals surface area contributed by atoms with Gasteiger partial charge in [-0.05, 0) is 50.1 Å². The monoisotopic (exact) mass is 345 g/mol. The molecule has 0 saturated carbocycles. The normalized spacial score (nSPS) is 19.0. The van der Waals surface area contributed by atoms with Gasteiger partial charge in [0.05, 0.1) is 10.00 Å². The van der Waals surface area contributed by atoms with Crippen LogP contribution in [0.4, 0.5) is 0 Å². The van der Waals surface area contributed by atoms with Crippen LogP contribution in [0.25, 0.3) is 10.8 Å². The fraction of sp³-hybridized carbons (Fsp3) is 0.421. The van der Waals surface area contributed by atoms with Crippen LogP contribution in [-0.2, 0) is 9.84 Å². The summed E-state index contributed by atoms with van der Waals surface area (Å²) in [5, 5.41) is 1.63. The lowest BCUT2D eigenvalue weighted by Gasteiger charge is -2.24. The molecule has 4 nitrogen and oxygen atoms in total. The molecule has 1 aliphatic heterocycles. The van der Waals surface area contributed by atoms with Gasteiger partial charge in [0, 0.05) is 18.7 Å². The van der Waals surface area contributed by atoms with Crippen LogP contribution in [0.2, 0.25) is 0 Å². The molecule has 0 bridgehead atoms. The van der Waals surface area contributed by atoms with Gasteiger partial charge in [0.25, 0.3) is 5.91 Å². The van der Waals surface area contributed by atoms with E-state index in [9.17, 15) is 13.2 Å². The largest absolute Gasteiger partial charge is 0.337 e. The number of hydrogen-bond acceptors (Lipinski definition) is 3. The van der Waals surface area contributed by atoms with Crippen LogP contribution in [0.1, 0.15) is 37.6 Å². The first-order valence-corrected chi connectivity index (χ1v) is 9.76. The Hall–Kier alpha value is -1.88. The van der Waals surface area contributed by atoms with E-state index in [1.165, 1.54) is 0 Å². The zero-order valence-electron chi connectivity index (χ0n) is 14.3. The predicted octanol–water partition coefficient (Wildman–Crippen LogP) is 3.27. The molecule has 1 atom stereocenters. The maximum atomic E-state index is 12.7. The average molecular weight is 345 g/mol. The molecule has 1 saturated heterocycles. The van der Waals surface area contributed by atoms with Crippen molar-refractivity contribution in [2.24, 2.45) is 0 Å². The second kappa shape index (κ2) is 5.88. The van der Waals surface area contributed by atoms with Gasteiger partial charge in [-0.15, -0.1) is 0 Å². The van der Waals surface area contributed by atoms with Gasteiger partial charge in [-0.2, -0.15) is 0 Å². The van der Waals surface area contributed by atoms with E-state index in [0.717, 1.165) is 10.8 Å². The number of rotatable bonds is 2. The lowest BCUT2D eigenvalue weighted by Crippen LogP contribution is -2.39. The number of amides is 1. The number of nitrogens with zero attached hydrogens (tertiary/aromatic N) is 1. The topological polar surface area (TPSA) is 54.5 Å². The van der Waals surface area contributed by atoms with Gasteiger partial charge in [0.15, 0.2) is 9.84 Å². The zero-order valence-corrected chi connectivity index (χ0v) is 15.1. The standard InChI is InChI=1S/C19H23NO3S/c1-19(2,3)24(22,23)17-10-11-20(13-17)18(21)16-9-8-14-6-4-5-7-15(14)12-16/h4-9,12,17H,10-11,13H2,1-3H3/t17-/m1/s1. The molecule has 24 heavy (non-hydrogen) atoms. The van der Waals surface area contributed by atoms with Gasteiger partial charge >= 0.3 is 0 Å². The molecule has 0 N–H and O–H groups in total. The number of benzene rings is 2. The highest BCUT2D eigenvalue weighted by molar-refractivity contribution is 7.93. The third-order valence-corrected chi connectivity index (χ3v) is 7.69. The maximum absolute atomic E-state index is 12.7. The number of carbonyl (C=O) groups is 1. The summed E-state index contributed by atoms with van der Waals surface area (Å²) >= 11 is 0. The summed E-state index contributed by atoms with van der Waals surface area (Å²) in [5.74, 6) is -0.0904. The number of likely N-dealkylation sites (tertiary alicyclic amines) is 1. The summed E-state index contributed by atoms with van der Waals surface area (Å²) in [6.07, 6.45) is 0.513. The third kappa shape index (κ3) is 2.93. The van der Waals surface area contributed by atoms with Crippen molar-refractivity contribution >= 4 is 26.5 Å². The van der Waals surface area contributed by atoms with Gasteiger partial charge in [-0.25, -0.2) is 8.42 Å². The minimum absolute atomic E-state index is 0.0904. The first-order valence-electron chi connectivity index (χ1n) is 8.22. The molecule has 0 aromatic heterocycles. The molecule has 1 amide bonds. The molecule has 3 rings (SSSR count). The molecule has 2 aromatic rings. The molecule has 0 unspecified atom stereocenters. The Kier molecular flexibility index (Phi) is 4.16. The van der Waals surface area contributed by atoms with Crippen LogP contribution in [-0.4, -0.2) is 42.3 Å². The summed E-state index contributed by atoms with van der Waals surface area (Å²) in [5.41, 5.74) is 0.613. The fourth-order valence-corrected chi connectivity index (χ4v) is 4.96. The van der Waals surface area contributed by atoms with Crippen LogP contribution in [0.3, 0.4) is 0 Å². The second-order valence-electron chi connectivity index (χ2n) is 7.38. The lowest BCUT2D eigenvalue weighted by molar-refractivity contribution is 0.0793. The molecule has 128 valence electrons. The molecule has 1 fully saturated rings. The van der Waals surface area contributed by atoms with Crippen molar-refractivity contribution in [2.75, 3.05) is 13.1 Å². The van der Waals surface area contributed by atoms with Crippen molar-refractivity contribution in [1.29, 1.82) is 0 Å².